The van der Waals surface area contributed by atoms with E-state index < -0.39 is 0 Å². The van der Waals surface area contributed by atoms with Crippen molar-refractivity contribution in [2.45, 2.75) is 64.8 Å². The van der Waals surface area contributed by atoms with Gasteiger partial charge in [-0.05, 0) is 38.0 Å². The Morgan fingerprint density at radius 2 is 1.55 bits per heavy atom. The van der Waals surface area contributed by atoms with E-state index >= 15 is 0 Å². The average Bonchev–Trinajstić information content (AvgIpc) is 2.19. The molecule has 114 valence electrons. The van der Waals surface area contributed by atoms with Gasteiger partial charge in [0.15, 0.2) is 0 Å². The average molecular weight is 280 g/mol. The van der Waals surface area contributed by atoms with Gasteiger partial charge in [-0.3, -0.25) is 9.59 Å². The van der Waals surface area contributed by atoms with Crippen LogP contribution in [0.2, 0.25) is 0 Å². The number of hydrogen-bond acceptors (Lipinski definition) is 2. The number of amides is 2. The summed E-state index contributed by atoms with van der Waals surface area (Å²) in [5, 5.41) is 6.14. The summed E-state index contributed by atoms with van der Waals surface area (Å²) in [4.78, 5) is 23.9. The van der Waals surface area contributed by atoms with Gasteiger partial charge < -0.3 is 10.6 Å². The zero-order chi connectivity index (χ0) is 14.5. The molecule has 0 spiro atoms. The van der Waals surface area contributed by atoms with Crippen LogP contribution in [0.5, 0.6) is 0 Å². The number of carbonyl (C=O) groups is 2. The molecule has 2 amide bonds. The number of rotatable bonds is 7. The zero-order valence-corrected chi connectivity index (χ0v) is 12.8. The van der Waals surface area contributed by atoms with Gasteiger partial charge in [0.05, 0.1) is 0 Å². The Morgan fingerprint density at radius 1 is 1.00 bits per heavy atom. The predicted molar refractivity (Wildman–Crippen MR) is 79.1 cm³/mol. The third-order valence-corrected chi connectivity index (χ3v) is 4.58. The van der Waals surface area contributed by atoms with Crippen LogP contribution in [0.25, 0.3) is 0 Å². The van der Waals surface area contributed by atoms with Crippen molar-refractivity contribution in [2.75, 3.05) is 6.54 Å². The molecule has 0 bridgehead atoms. The minimum Gasteiger partial charge on any atom is -0.354 e. The smallest absolute Gasteiger partial charge is 0.223 e. The first-order valence-corrected chi connectivity index (χ1v) is 8.14. The summed E-state index contributed by atoms with van der Waals surface area (Å²) < 4.78 is 0. The maximum absolute atomic E-state index is 12.0. The van der Waals surface area contributed by atoms with Gasteiger partial charge >= 0.3 is 0 Å². The molecule has 0 aliphatic heterocycles. The summed E-state index contributed by atoms with van der Waals surface area (Å²) in [5.41, 5.74) is 0. The normalized spacial score (nSPS) is 20.9. The molecule has 0 radical (unpaired) electrons. The molecule has 1 unspecified atom stereocenters. The van der Waals surface area contributed by atoms with Crippen LogP contribution in [0, 0.1) is 17.8 Å². The molecule has 2 fully saturated rings. The summed E-state index contributed by atoms with van der Waals surface area (Å²) in [7, 11) is 0. The van der Waals surface area contributed by atoms with E-state index in [1.807, 2.05) is 0 Å². The van der Waals surface area contributed by atoms with Gasteiger partial charge in [0, 0.05) is 24.4 Å². The molecule has 0 aromatic heterocycles. The first kappa shape index (κ1) is 15.3. The number of carbonyl (C=O) groups excluding carboxylic acids is 2. The maximum atomic E-state index is 12.0. The van der Waals surface area contributed by atoms with E-state index in [2.05, 4.69) is 24.5 Å². The standard InChI is InChI=1S/C16H28N2O2/c1-11(2)9-14(18-16(20)13-7-4-8-13)10-17-15(19)12-5-3-6-12/h11-14H,3-10H2,1-2H3,(H,17,19)(H,18,20). The third-order valence-electron chi connectivity index (χ3n) is 4.58. The summed E-state index contributed by atoms with van der Waals surface area (Å²) in [6.07, 6.45) is 7.36. The fraction of sp³-hybridized carbons (Fsp3) is 0.875. The second-order valence-electron chi connectivity index (χ2n) is 6.84. The number of nitrogens with one attached hydrogen (secondary N) is 2. The van der Waals surface area contributed by atoms with Crippen LogP contribution in [0.3, 0.4) is 0 Å². The van der Waals surface area contributed by atoms with Crippen LogP contribution in [0.4, 0.5) is 0 Å². The molecule has 1 atom stereocenters. The molecule has 0 heterocycles. The summed E-state index contributed by atoms with van der Waals surface area (Å²) in [5.74, 6) is 1.30. The van der Waals surface area contributed by atoms with Gasteiger partial charge in [0.25, 0.3) is 0 Å². The molecule has 2 aliphatic rings. The van der Waals surface area contributed by atoms with E-state index in [1.54, 1.807) is 0 Å². The lowest BCUT2D eigenvalue weighted by molar-refractivity contribution is -0.130. The Morgan fingerprint density at radius 3 is 2.00 bits per heavy atom. The topological polar surface area (TPSA) is 58.2 Å². The van der Waals surface area contributed by atoms with E-state index in [9.17, 15) is 9.59 Å². The first-order chi connectivity index (χ1) is 9.56. The van der Waals surface area contributed by atoms with Gasteiger partial charge in [-0.25, -0.2) is 0 Å². The highest BCUT2D eigenvalue weighted by Crippen LogP contribution is 2.27. The lowest BCUT2D eigenvalue weighted by Crippen LogP contribution is -2.48. The van der Waals surface area contributed by atoms with Crippen molar-refractivity contribution in [3.63, 3.8) is 0 Å². The fourth-order valence-electron chi connectivity index (χ4n) is 2.79. The first-order valence-electron chi connectivity index (χ1n) is 8.14. The van der Waals surface area contributed by atoms with E-state index in [0.29, 0.717) is 12.5 Å². The maximum Gasteiger partial charge on any atom is 0.223 e. The van der Waals surface area contributed by atoms with Crippen LogP contribution >= 0.6 is 0 Å². The Balaban J connectivity index is 1.76. The minimum atomic E-state index is 0.0760. The van der Waals surface area contributed by atoms with Crippen LogP contribution in [-0.4, -0.2) is 24.4 Å². The quantitative estimate of drug-likeness (QED) is 0.751. The summed E-state index contributed by atoms with van der Waals surface area (Å²) in [6.45, 7) is 4.87. The molecular weight excluding hydrogens is 252 g/mol. The molecule has 0 saturated heterocycles. The second-order valence-corrected chi connectivity index (χ2v) is 6.84. The van der Waals surface area contributed by atoms with Crippen molar-refractivity contribution in [2.24, 2.45) is 17.8 Å². The Kier molecular flexibility index (Phi) is 5.44. The second kappa shape index (κ2) is 7.09. The van der Waals surface area contributed by atoms with Crippen LogP contribution in [0.1, 0.15) is 58.8 Å². The zero-order valence-electron chi connectivity index (χ0n) is 12.8. The van der Waals surface area contributed by atoms with E-state index in [1.165, 1.54) is 12.8 Å². The van der Waals surface area contributed by atoms with Crippen molar-refractivity contribution >= 4 is 11.8 Å². The van der Waals surface area contributed by atoms with Gasteiger partial charge in [-0.1, -0.05) is 26.7 Å². The summed E-state index contributed by atoms with van der Waals surface area (Å²) in [6, 6.07) is 0.0760. The number of hydrogen-bond donors (Lipinski definition) is 2. The Hall–Kier alpha value is -1.06. The monoisotopic (exact) mass is 280 g/mol. The van der Waals surface area contributed by atoms with Crippen molar-refractivity contribution in [1.29, 1.82) is 0 Å². The molecule has 0 aromatic carbocycles. The third kappa shape index (κ3) is 4.22. The van der Waals surface area contributed by atoms with Crippen molar-refractivity contribution in [3.05, 3.63) is 0 Å². The SMILES string of the molecule is CC(C)CC(CNC(=O)C1CCC1)NC(=O)C1CCC1. The van der Waals surface area contributed by atoms with E-state index in [-0.39, 0.29) is 29.7 Å². The molecule has 0 aromatic rings. The van der Waals surface area contributed by atoms with Crippen molar-refractivity contribution in [1.82, 2.24) is 10.6 Å². The predicted octanol–water partition coefficient (Wildman–Crippen LogP) is 2.23. The lowest BCUT2D eigenvalue weighted by Gasteiger charge is -2.29. The molecule has 2 aliphatic carbocycles. The van der Waals surface area contributed by atoms with Crippen molar-refractivity contribution in [3.8, 4) is 0 Å². The summed E-state index contributed by atoms with van der Waals surface area (Å²) >= 11 is 0. The van der Waals surface area contributed by atoms with Crippen LogP contribution < -0.4 is 10.6 Å². The van der Waals surface area contributed by atoms with E-state index in [0.717, 1.165) is 32.1 Å². The molecule has 4 heteroatoms. The van der Waals surface area contributed by atoms with Crippen molar-refractivity contribution < 1.29 is 9.59 Å². The highest BCUT2D eigenvalue weighted by atomic mass is 16.2. The Labute approximate surface area is 122 Å². The lowest BCUT2D eigenvalue weighted by atomic mass is 9.84. The molecule has 4 nitrogen and oxygen atoms in total. The molecular formula is C16H28N2O2. The highest BCUT2D eigenvalue weighted by Gasteiger charge is 2.28. The minimum absolute atomic E-state index is 0.0760. The highest BCUT2D eigenvalue weighted by molar-refractivity contribution is 5.80. The fourth-order valence-corrected chi connectivity index (χ4v) is 2.79. The van der Waals surface area contributed by atoms with Crippen LogP contribution in [0.15, 0.2) is 0 Å². The van der Waals surface area contributed by atoms with Crippen LogP contribution in [-0.2, 0) is 9.59 Å². The van der Waals surface area contributed by atoms with E-state index in [4.69, 9.17) is 0 Å². The van der Waals surface area contributed by atoms with Gasteiger partial charge in [0.1, 0.15) is 0 Å². The van der Waals surface area contributed by atoms with Gasteiger partial charge in [-0.2, -0.15) is 0 Å². The molecule has 2 rings (SSSR count). The van der Waals surface area contributed by atoms with Gasteiger partial charge in [0.2, 0.25) is 11.8 Å². The van der Waals surface area contributed by atoms with Gasteiger partial charge in [-0.15, -0.1) is 0 Å². The molecule has 2 N–H and O–H groups in total. The largest absolute Gasteiger partial charge is 0.354 e. The Bertz CT molecular complexity index is 346. The molecule has 2 saturated carbocycles. The molecule has 20 heavy (non-hydrogen) atoms.